The average molecular weight is 282 g/mol. The van der Waals surface area contributed by atoms with Gasteiger partial charge in [0.25, 0.3) is 0 Å². The second kappa shape index (κ2) is 4.67. The maximum atomic E-state index is 12.8. The number of alkyl halides is 3. The molecule has 0 spiro atoms. The van der Waals surface area contributed by atoms with E-state index in [0.29, 0.717) is 18.8 Å². The molecule has 20 heavy (non-hydrogen) atoms. The third-order valence-corrected chi connectivity index (χ3v) is 3.84. The molecule has 2 heterocycles. The highest BCUT2D eigenvalue weighted by Crippen LogP contribution is 2.35. The molecule has 0 saturated carbocycles. The normalized spacial score (nSPS) is 25.6. The molecule has 6 heteroatoms. The molecule has 2 bridgehead atoms. The summed E-state index contributed by atoms with van der Waals surface area (Å²) in [6, 6.07) is 5.40. The average Bonchev–Trinajstić information content (AvgIpc) is 2.75. The Morgan fingerprint density at radius 2 is 1.85 bits per heavy atom. The van der Waals surface area contributed by atoms with Crippen LogP contribution in [0.15, 0.2) is 18.2 Å². The van der Waals surface area contributed by atoms with Gasteiger partial charge < -0.3 is 9.64 Å². The highest BCUT2D eigenvalue weighted by atomic mass is 19.4. The molecular weight excluding hydrogens is 269 g/mol. The molecule has 1 aromatic carbocycles. The number of hydrogen-bond acceptors (Lipinski definition) is 3. The monoisotopic (exact) mass is 282 g/mol. The topological polar surface area (TPSA) is 36.3 Å². The van der Waals surface area contributed by atoms with Crippen molar-refractivity contribution in [2.24, 2.45) is 0 Å². The quantitative estimate of drug-likeness (QED) is 0.794. The summed E-state index contributed by atoms with van der Waals surface area (Å²) in [5.41, 5.74) is -0.538. The first-order valence-electron chi connectivity index (χ1n) is 6.49. The first-order valence-corrected chi connectivity index (χ1v) is 6.49. The van der Waals surface area contributed by atoms with Crippen LogP contribution in [0.3, 0.4) is 0 Å². The van der Waals surface area contributed by atoms with Gasteiger partial charge in [0.05, 0.1) is 29.4 Å². The van der Waals surface area contributed by atoms with Gasteiger partial charge in [-0.3, -0.25) is 0 Å². The van der Waals surface area contributed by atoms with Crippen LogP contribution in [0.25, 0.3) is 0 Å². The minimum Gasteiger partial charge on any atom is -0.371 e. The van der Waals surface area contributed by atoms with Crippen LogP contribution < -0.4 is 4.90 Å². The summed E-state index contributed by atoms with van der Waals surface area (Å²) in [7, 11) is 0. The zero-order valence-corrected chi connectivity index (χ0v) is 10.7. The Balaban J connectivity index is 1.90. The van der Waals surface area contributed by atoms with Gasteiger partial charge in [-0.25, -0.2) is 0 Å². The van der Waals surface area contributed by atoms with Crippen LogP contribution in [0.1, 0.15) is 24.0 Å². The first-order chi connectivity index (χ1) is 9.47. The Bertz CT molecular complexity index is 553. The lowest BCUT2D eigenvalue weighted by Gasteiger charge is -2.34. The molecule has 3 rings (SSSR count). The van der Waals surface area contributed by atoms with E-state index in [9.17, 15) is 13.2 Å². The number of ether oxygens (including phenoxy) is 1. The van der Waals surface area contributed by atoms with Crippen molar-refractivity contribution in [3.05, 3.63) is 29.3 Å². The summed E-state index contributed by atoms with van der Waals surface area (Å²) in [5.74, 6) is 0. The van der Waals surface area contributed by atoms with E-state index in [4.69, 9.17) is 10.00 Å². The number of nitriles is 1. The van der Waals surface area contributed by atoms with Gasteiger partial charge in [0.2, 0.25) is 0 Å². The first kappa shape index (κ1) is 13.3. The number of fused-ring (bicyclic) bond motifs is 2. The van der Waals surface area contributed by atoms with E-state index < -0.39 is 11.7 Å². The predicted octanol–water partition coefficient (Wildman–Crippen LogP) is 2.94. The van der Waals surface area contributed by atoms with Crippen molar-refractivity contribution in [1.29, 1.82) is 5.26 Å². The lowest BCUT2D eigenvalue weighted by molar-refractivity contribution is -0.137. The summed E-state index contributed by atoms with van der Waals surface area (Å²) in [6.07, 6.45) is -2.20. The van der Waals surface area contributed by atoms with Crippen LogP contribution in [0.4, 0.5) is 18.9 Å². The van der Waals surface area contributed by atoms with E-state index in [1.165, 1.54) is 12.1 Å². The van der Waals surface area contributed by atoms with Crippen LogP contribution in [0, 0.1) is 11.3 Å². The zero-order valence-electron chi connectivity index (χ0n) is 10.7. The number of rotatable bonds is 1. The second-order valence-corrected chi connectivity index (χ2v) is 5.20. The fraction of sp³-hybridized carbons (Fsp3) is 0.500. The second-order valence-electron chi connectivity index (χ2n) is 5.20. The molecule has 0 aliphatic carbocycles. The maximum Gasteiger partial charge on any atom is 0.417 e. The maximum absolute atomic E-state index is 12.8. The molecule has 0 amide bonds. The number of morpholine rings is 1. The van der Waals surface area contributed by atoms with Crippen LogP contribution in [0.5, 0.6) is 0 Å². The molecule has 3 nitrogen and oxygen atoms in total. The molecule has 2 saturated heterocycles. The van der Waals surface area contributed by atoms with Crippen LogP contribution >= 0.6 is 0 Å². The number of nitrogens with zero attached hydrogens (tertiary/aromatic N) is 2. The van der Waals surface area contributed by atoms with E-state index in [1.807, 2.05) is 4.90 Å². The molecule has 2 fully saturated rings. The highest BCUT2D eigenvalue weighted by Gasteiger charge is 2.36. The lowest BCUT2D eigenvalue weighted by Crippen LogP contribution is -2.42. The van der Waals surface area contributed by atoms with Crippen molar-refractivity contribution < 1.29 is 17.9 Å². The van der Waals surface area contributed by atoms with Crippen molar-refractivity contribution in [1.82, 2.24) is 0 Å². The molecule has 2 aliphatic heterocycles. The molecule has 0 radical (unpaired) electrons. The van der Waals surface area contributed by atoms with Crippen LogP contribution in [-0.4, -0.2) is 25.3 Å². The summed E-state index contributed by atoms with van der Waals surface area (Å²) in [4.78, 5) is 2.01. The number of benzene rings is 1. The van der Waals surface area contributed by atoms with Gasteiger partial charge in [-0.15, -0.1) is 0 Å². The summed E-state index contributed by atoms with van der Waals surface area (Å²) < 4.78 is 44.0. The molecule has 2 aliphatic rings. The van der Waals surface area contributed by atoms with Gasteiger partial charge in [0.15, 0.2) is 0 Å². The minimum absolute atomic E-state index is 0.154. The summed E-state index contributed by atoms with van der Waals surface area (Å²) in [5, 5.41) is 8.93. The molecule has 106 valence electrons. The zero-order chi connectivity index (χ0) is 14.3. The fourth-order valence-electron chi connectivity index (χ4n) is 2.89. The van der Waals surface area contributed by atoms with Crippen molar-refractivity contribution in [3.8, 4) is 6.07 Å². The van der Waals surface area contributed by atoms with Crippen LogP contribution in [0.2, 0.25) is 0 Å². The highest BCUT2D eigenvalue weighted by molar-refractivity contribution is 5.55. The third-order valence-electron chi connectivity index (χ3n) is 3.84. The van der Waals surface area contributed by atoms with Gasteiger partial charge >= 0.3 is 6.18 Å². The van der Waals surface area contributed by atoms with Crippen molar-refractivity contribution >= 4 is 5.69 Å². The Kier molecular flexibility index (Phi) is 3.09. The lowest BCUT2D eigenvalue weighted by atomic mass is 10.1. The van der Waals surface area contributed by atoms with Gasteiger partial charge in [-0.1, -0.05) is 0 Å². The Morgan fingerprint density at radius 1 is 1.20 bits per heavy atom. The molecule has 0 N–H and O–H groups in total. The number of halogens is 3. The van der Waals surface area contributed by atoms with E-state index in [-0.39, 0.29) is 17.8 Å². The molecule has 0 aromatic heterocycles. The SMILES string of the molecule is N#Cc1cc(N2CC3CCC(C2)O3)ccc1C(F)(F)F. The van der Waals surface area contributed by atoms with Crippen molar-refractivity contribution in [3.63, 3.8) is 0 Å². The smallest absolute Gasteiger partial charge is 0.371 e. The summed E-state index contributed by atoms with van der Waals surface area (Å²) in [6.45, 7) is 1.35. The Hall–Kier alpha value is -1.74. The minimum atomic E-state index is -4.49. The Morgan fingerprint density at radius 3 is 2.40 bits per heavy atom. The van der Waals surface area contributed by atoms with E-state index in [1.54, 1.807) is 6.07 Å². The fourth-order valence-corrected chi connectivity index (χ4v) is 2.89. The van der Waals surface area contributed by atoms with Gasteiger partial charge in [0, 0.05) is 18.8 Å². The van der Waals surface area contributed by atoms with E-state index in [0.717, 1.165) is 18.9 Å². The van der Waals surface area contributed by atoms with Gasteiger partial charge in [-0.05, 0) is 31.0 Å². The molecule has 2 unspecified atom stereocenters. The van der Waals surface area contributed by atoms with Gasteiger partial charge in [-0.2, -0.15) is 18.4 Å². The van der Waals surface area contributed by atoms with Crippen LogP contribution in [-0.2, 0) is 10.9 Å². The predicted molar refractivity (Wildman–Crippen MR) is 66.3 cm³/mol. The van der Waals surface area contributed by atoms with E-state index >= 15 is 0 Å². The standard InChI is InChI=1S/C14H13F3N2O/c15-14(16,17)13-4-1-10(5-9(13)6-18)19-7-11-2-3-12(8-19)20-11/h1,4-5,11-12H,2-3,7-8H2. The van der Waals surface area contributed by atoms with Crippen molar-refractivity contribution in [2.75, 3.05) is 18.0 Å². The largest absolute Gasteiger partial charge is 0.417 e. The van der Waals surface area contributed by atoms with Gasteiger partial charge in [0.1, 0.15) is 0 Å². The van der Waals surface area contributed by atoms with Crippen molar-refractivity contribution in [2.45, 2.75) is 31.2 Å². The molecular formula is C14H13F3N2O. The number of anilines is 1. The Labute approximate surface area is 114 Å². The third kappa shape index (κ3) is 2.34. The molecule has 1 aromatic rings. The van der Waals surface area contributed by atoms with E-state index in [2.05, 4.69) is 0 Å². The summed E-state index contributed by atoms with van der Waals surface area (Å²) >= 11 is 0. The number of hydrogen-bond donors (Lipinski definition) is 0. The molecule has 2 atom stereocenters.